The molecule has 0 aliphatic rings. The highest BCUT2D eigenvalue weighted by molar-refractivity contribution is 7.99. The Labute approximate surface area is 91.7 Å². The first kappa shape index (κ1) is 9.64. The van der Waals surface area contributed by atoms with Crippen LogP contribution in [0.5, 0.6) is 0 Å². The standard InChI is InChI=1S/C11H7N3S/c1-2-7-15-11-9(8-12)10-5-3-4-6-14(10)13-11/h1,3-6H,7H2. The van der Waals surface area contributed by atoms with Gasteiger partial charge in [-0.1, -0.05) is 23.7 Å². The van der Waals surface area contributed by atoms with Gasteiger partial charge in [0.2, 0.25) is 0 Å². The molecule has 0 aromatic carbocycles. The third-order valence-electron chi connectivity index (χ3n) is 1.91. The van der Waals surface area contributed by atoms with Crippen molar-refractivity contribution in [1.82, 2.24) is 9.61 Å². The minimum Gasteiger partial charge on any atom is -0.238 e. The Kier molecular flexibility index (Phi) is 2.62. The van der Waals surface area contributed by atoms with E-state index in [-0.39, 0.29) is 0 Å². The van der Waals surface area contributed by atoms with Gasteiger partial charge in [-0.25, -0.2) is 4.52 Å². The maximum atomic E-state index is 9.04. The molecule has 15 heavy (non-hydrogen) atoms. The fraction of sp³-hybridized carbons (Fsp3) is 0.0909. The molecule has 0 aliphatic carbocycles. The Morgan fingerprint density at radius 3 is 3.13 bits per heavy atom. The molecular formula is C11H7N3S. The van der Waals surface area contributed by atoms with Crippen LogP contribution in [0.4, 0.5) is 0 Å². The number of nitrogens with zero attached hydrogens (tertiary/aromatic N) is 3. The fourth-order valence-corrected chi connectivity index (χ4v) is 1.95. The average molecular weight is 213 g/mol. The van der Waals surface area contributed by atoms with E-state index in [0.29, 0.717) is 16.3 Å². The number of hydrogen-bond acceptors (Lipinski definition) is 3. The van der Waals surface area contributed by atoms with E-state index in [2.05, 4.69) is 17.1 Å². The summed E-state index contributed by atoms with van der Waals surface area (Å²) in [4.78, 5) is 0. The van der Waals surface area contributed by atoms with E-state index in [1.807, 2.05) is 24.4 Å². The van der Waals surface area contributed by atoms with Crippen LogP contribution in [0.25, 0.3) is 5.52 Å². The van der Waals surface area contributed by atoms with Crippen LogP contribution in [0.1, 0.15) is 5.56 Å². The number of rotatable bonds is 2. The van der Waals surface area contributed by atoms with Crippen LogP contribution in [0, 0.1) is 23.7 Å². The van der Waals surface area contributed by atoms with Crippen molar-refractivity contribution in [3.8, 4) is 18.4 Å². The summed E-state index contributed by atoms with van der Waals surface area (Å²) < 4.78 is 1.69. The molecule has 0 unspecified atom stereocenters. The summed E-state index contributed by atoms with van der Waals surface area (Å²) in [6.45, 7) is 0. The molecule has 0 N–H and O–H groups in total. The Bertz CT molecular complexity index is 572. The zero-order valence-corrected chi connectivity index (χ0v) is 8.66. The summed E-state index contributed by atoms with van der Waals surface area (Å²) in [6.07, 6.45) is 6.99. The van der Waals surface area contributed by atoms with Crippen LogP contribution >= 0.6 is 11.8 Å². The van der Waals surface area contributed by atoms with Gasteiger partial charge in [0.15, 0.2) is 0 Å². The largest absolute Gasteiger partial charge is 0.238 e. The number of pyridine rings is 1. The van der Waals surface area contributed by atoms with E-state index >= 15 is 0 Å². The lowest BCUT2D eigenvalue weighted by atomic mass is 10.3. The van der Waals surface area contributed by atoms with Gasteiger partial charge in [0, 0.05) is 6.20 Å². The van der Waals surface area contributed by atoms with E-state index in [9.17, 15) is 0 Å². The second-order valence-electron chi connectivity index (χ2n) is 2.82. The molecule has 0 atom stereocenters. The van der Waals surface area contributed by atoms with E-state index in [4.69, 9.17) is 11.7 Å². The van der Waals surface area contributed by atoms with Gasteiger partial charge in [-0.2, -0.15) is 10.4 Å². The quantitative estimate of drug-likeness (QED) is 0.565. The lowest BCUT2D eigenvalue weighted by Gasteiger charge is -1.89. The molecule has 0 spiro atoms. The first-order chi connectivity index (χ1) is 7.36. The first-order valence-electron chi connectivity index (χ1n) is 4.30. The van der Waals surface area contributed by atoms with Crippen LogP contribution in [-0.4, -0.2) is 15.4 Å². The van der Waals surface area contributed by atoms with Crippen molar-refractivity contribution >= 4 is 17.3 Å². The van der Waals surface area contributed by atoms with Crippen molar-refractivity contribution in [2.45, 2.75) is 5.03 Å². The Hall–Kier alpha value is -1.91. The summed E-state index contributed by atoms with van der Waals surface area (Å²) in [7, 11) is 0. The summed E-state index contributed by atoms with van der Waals surface area (Å²) in [6, 6.07) is 7.78. The number of aromatic nitrogens is 2. The molecular weight excluding hydrogens is 206 g/mol. The summed E-state index contributed by atoms with van der Waals surface area (Å²) >= 11 is 1.41. The lowest BCUT2D eigenvalue weighted by Crippen LogP contribution is -1.83. The molecule has 0 amide bonds. The zero-order chi connectivity index (χ0) is 10.7. The highest BCUT2D eigenvalue weighted by Crippen LogP contribution is 2.23. The van der Waals surface area contributed by atoms with E-state index in [1.54, 1.807) is 4.52 Å². The maximum Gasteiger partial charge on any atom is 0.138 e. The minimum absolute atomic E-state index is 0.526. The maximum absolute atomic E-state index is 9.04. The molecule has 0 radical (unpaired) electrons. The molecule has 72 valence electrons. The second-order valence-corrected chi connectivity index (χ2v) is 3.78. The topological polar surface area (TPSA) is 41.1 Å². The molecule has 2 heterocycles. The lowest BCUT2D eigenvalue weighted by molar-refractivity contribution is 0.900. The fourth-order valence-electron chi connectivity index (χ4n) is 1.29. The number of terminal acetylenes is 1. The van der Waals surface area contributed by atoms with Crippen LogP contribution in [-0.2, 0) is 0 Å². The van der Waals surface area contributed by atoms with Gasteiger partial charge in [-0.05, 0) is 12.1 Å². The molecule has 0 saturated heterocycles. The molecule has 0 aliphatic heterocycles. The smallest absolute Gasteiger partial charge is 0.138 e. The van der Waals surface area contributed by atoms with E-state index in [0.717, 1.165) is 5.52 Å². The van der Waals surface area contributed by atoms with Gasteiger partial charge in [0.05, 0.1) is 11.3 Å². The molecule has 4 heteroatoms. The van der Waals surface area contributed by atoms with Crippen molar-refractivity contribution in [3.63, 3.8) is 0 Å². The van der Waals surface area contributed by atoms with Gasteiger partial charge >= 0.3 is 0 Å². The van der Waals surface area contributed by atoms with Gasteiger partial charge < -0.3 is 0 Å². The number of hydrogen-bond donors (Lipinski definition) is 0. The zero-order valence-electron chi connectivity index (χ0n) is 7.84. The summed E-state index contributed by atoms with van der Waals surface area (Å²) in [5, 5.41) is 14.0. The molecule has 2 rings (SSSR count). The highest BCUT2D eigenvalue weighted by atomic mass is 32.2. The first-order valence-corrected chi connectivity index (χ1v) is 5.29. The number of nitriles is 1. The van der Waals surface area contributed by atoms with Gasteiger partial charge in [0.1, 0.15) is 16.7 Å². The average Bonchev–Trinajstić information content (AvgIpc) is 2.63. The number of fused-ring (bicyclic) bond motifs is 1. The van der Waals surface area contributed by atoms with Gasteiger partial charge in [-0.3, -0.25) is 0 Å². The van der Waals surface area contributed by atoms with Gasteiger partial charge in [0.25, 0.3) is 0 Å². The van der Waals surface area contributed by atoms with E-state index < -0.39 is 0 Å². The monoisotopic (exact) mass is 213 g/mol. The second kappa shape index (κ2) is 4.08. The van der Waals surface area contributed by atoms with Crippen LogP contribution < -0.4 is 0 Å². The number of thioether (sulfide) groups is 1. The Balaban J connectivity index is 2.56. The normalized spacial score (nSPS) is 9.73. The third-order valence-corrected chi connectivity index (χ3v) is 2.78. The van der Waals surface area contributed by atoms with Crippen molar-refractivity contribution in [2.75, 3.05) is 5.75 Å². The molecule has 2 aromatic heterocycles. The predicted molar refractivity (Wildman–Crippen MR) is 59.5 cm³/mol. The SMILES string of the molecule is C#CCSc1nn2ccccc2c1C#N. The molecule has 0 fully saturated rings. The Morgan fingerprint density at radius 2 is 2.40 bits per heavy atom. The minimum atomic E-state index is 0.526. The Morgan fingerprint density at radius 1 is 1.53 bits per heavy atom. The van der Waals surface area contributed by atoms with E-state index in [1.165, 1.54) is 11.8 Å². The van der Waals surface area contributed by atoms with Crippen LogP contribution in [0.2, 0.25) is 0 Å². The van der Waals surface area contributed by atoms with Crippen molar-refractivity contribution < 1.29 is 0 Å². The van der Waals surface area contributed by atoms with Crippen LogP contribution in [0.3, 0.4) is 0 Å². The third kappa shape index (κ3) is 1.68. The van der Waals surface area contributed by atoms with Crippen molar-refractivity contribution in [2.24, 2.45) is 0 Å². The van der Waals surface area contributed by atoms with Crippen molar-refractivity contribution in [3.05, 3.63) is 30.0 Å². The molecule has 0 bridgehead atoms. The molecule has 0 saturated carbocycles. The predicted octanol–water partition coefficient (Wildman–Crippen LogP) is 1.93. The van der Waals surface area contributed by atoms with Crippen molar-refractivity contribution in [1.29, 1.82) is 5.26 Å². The molecule has 2 aromatic rings. The van der Waals surface area contributed by atoms with Gasteiger partial charge in [-0.15, -0.1) is 6.42 Å². The molecule has 3 nitrogen and oxygen atoms in total. The van der Waals surface area contributed by atoms with Crippen LogP contribution in [0.15, 0.2) is 29.4 Å². The highest BCUT2D eigenvalue weighted by Gasteiger charge is 2.11. The summed E-state index contributed by atoms with van der Waals surface area (Å²) in [5.74, 6) is 3.04. The summed E-state index contributed by atoms with van der Waals surface area (Å²) in [5.41, 5.74) is 1.41.